The second-order valence-electron chi connectivity index (χ2n) is 26.3. The van der Waals surface area contributed by atoms with E-state index >= 15 is 0 Å². The molecule has 4 heterocycles. The first kappa shape index (κ1) is 77.4. The van der Waals surface area contributed by atoms with Gasteiger partial charge in [-0.2, -0.15) is 0 Å². The maximum atomic E-state index is 14.2. The van der Waals surface area contributed by atoms with Gasteiger partial charge in [-0.05, 0) is 158 Å². The second-order valence-corrected chi connectivity index (χ2v) is 26.3. The van der Waals surface area contributed by atoms with Crippen LogP contribution in [0.4, 0.5) is 53.9 Å². The summed E-state index contributed by atoms with van der Waals surface area (Å²) in [6.07, 6.45) is 2.12. The van der Waals surface area contributed by atoms with Crippen LogP contribution in [-0.4, -0.2) is 97.2 Å². The number of carbonyl (C=O) groups excluding carboxylic acids is 3. The van der Waals surface area contributed by atoms with Crippen molar-refractivity contribution in [2.24, 2.45) is 5.73 Å². The van der Waals surface area contributed by atoms with Crippen molar-refractivity contribution >= 4 is 18.3 Å². The molecule has 8 atom stereocenters. The number of nitrogens with two attached hydrogens (primary N) is 1. The van der Waals surface area contributed by atoms with E-state index < -0.39 is 81.9 Å². The first-order valence-corrected chi connectivity index (χ1v) is 34.5. The predicted octanol–water partition coefficient (Wildman–Crippen LogP) is 18.6. The van der Waals surface area contributed by atoms with Gasteiger partial charge < -0.3 is 49.8 Å². The number of aliphatic hydroxyl groups excluding tert-OH is 1. The van der Waals surface area contributed by atoms with Crippen LogP contribution in [-0.2, 0) is 35.8 Å². The Hall–Kier alpha value is -10.3. The van der Waals surface area contributed by atoms with Crippen LogP contribution >= 0.6 is 0 Å². The van der Waals surface area contributed by atoms with Crippen molar-refractivity contribution in [2.45, 2.75) is 106 Å². The second kappa shape index (κ2) is 34.1. The van der Waals surface area contributed by atoms with Gasteiger partial charge in [-0.3, -0.25) is 0 Å². The maximum Gasteiger partial charge on any atom is 0.411 e. The molecule has 0 aromatic heterocycles. The number of amides is 3. The smallest absolute Gasteiger partial charge is 0.411 e. The number of hydrogen-bond acceptors (Lipinski definition) is 10. The van der Waals surface area contributed by atoms with E-state index in [2.05, 4.69) is 17.6 Å². The van der Waals surface area contributed by atoms with Crippen LogP contribution in [0, 0.1) is 52.4 Å². The summed E-state index contributed by atoms with van der Waals surface area (Å²) >= 11 is 0. The number of aliphatic hydroxyl groups is 1. The molecule has 0 radical (unpaired) electrons. The van der Waals surface area contributed by atoms with Crippen LogP contribution in [0.3, 0.4) is 0 Å². The molecule has 2 unspecified atom stereocenters. The van der Waals surface area contributed by atoms with Gasteiger partial charge >= 0.3 is 18.3 Å². The molecule has 550 valence electrons. The lowest BCUT2D eigenvalue weighted by Crippen LogP contribution is -2.50. The SMILES string of the molecule is C=CC[C@]1(c2ccc(F)cc2)CCN([C@@H](C)c2ccc(-c3ccc(F)cc3F)cc2)C(=O)O1.CN.CNCC(O)C[C@]1(c2ccc(F)cc2)CCN([C@@H](C)c2ccc(-c3ccc(F)cc3F)cc2)C(=O)O1.C[C@@H](c1ccc(-c2ccc(F)cc2F)cc1)N1CC[C@](CC2CO2)(c2ccc(F)cc2)OC1=O. The summed E-state index contributed by atoms with van der Waals surface area (Å²) in [4.78, 5) is 44.3. The molecule has 0 bridgehead atoms. The van der Waals surface area contributed by atoms with Crippen molar-refractivity contribution < 1.29 is 78.0 Å². The van der Waals surface area contributed by atoms with Gasteiger partial charge in [0.25, 0.3) is 0 Å². The number of nitrogens with one attached hydrogen (secondary N) is 1. The van der Waals surface area contributed by atoms with Gasteiger partial charge in [0.1, 0.15) is 69.2 Å². The number of benzene rings is 9. The molecule has 4 fully saturated rings. The van der Waals surface area contributed by atoms with Crippen molar-refractivity contribution in [3.8, 4) is 33.4 Å². The highest BCUT2D eigenvalue weighted by Crippen LogP contribution is 2.45. The fourth-order valence-corrected chi connectivity index (χ4v) is 13.7. The Bertz CT molecular complexity index is 4460. The zero-order valence-electron chi connectivity index (χ0n) is 58.6. The minimum Gasteiger partial charge on any atom is -0.438 e. The Morgan fingerprint density at radius 2 is 0.762 bits per heavy atom. The lowest BCUT2D eigenvalue weighted by Gasteiger charge is -2.44. The molecule has 22 heteroatoms. The molecule has 4 aliphatic rings. The van der Waals surface area contributed by atoms with Crippen LogP contribution in [0.1, 0.15) is 111 Å². The molecule has 0 spiro atoms. The topological polar surface area (TPSA) is 159 Å². The summed E-state index contributed by atoms with van der Waals surface area (Å²) in [5, 5.41) is 13.4. The van der Waals surface area contributed by atoms with E-state index in [4.69, 9.17) is 18.9 Å². The minimum absolute atomic E-state index is 0.0289. The first-order chi connectivity index (χ1) is 50.4. The molecule has 0 saturated carbocycles. The van der Waals surface area contributed by atoms with Crippen LogP contribution in [0.5, 0.6) is 0 Å². The monoisotopic (exact) mass is 1450 g/mol. The summed E-state index contributed by atoms with van der Waals surface area (Å²) in [7, 11) is 3.22. The molecule has 13 nitrogen and oxygen atoms in total. The third-order valence-electron chi connectivity index (χ3n) is 19.7. The molecule has 4 N–H and O–H groups in total. The highest BCUT2D eigenvalue weighted by atomic mass is 19.2. The van der Waals surface area contributed by atoms with E-state index in [9.17, 15) is 59.0 Å². The Morgan fingerprint density at radius 3 is 1.08 bits per heavy atom. The number of hydrogen-bond donors (Lipinski definition) is 3. The molecular formula is C83H82F9N5O8. The highest BCUT2D eigenvalue weighted by Gasteiger charge is 2.49. The number of halogens is 9. The zero-order chi connectivity index (χ0) is 75.3. The number of carbonyl (C=O) groups is 3. The van der Waals surface area contributed by atoms with Crippen LogP contribution < -0.4 is 11.1 Å². The normalized spacial score (nSPS) is 20.2. The Kier molecular flexibility index (Phi) is 25.1. The summed E-state index contributed by atoms with van der Waals surface area (Å²) in [5.74, 6) is -4.89. The molecule has 3 amide bonds. The van der Waals surface area contributed by atoms with Crippen molar-refractivity contribution in [1.82, 2.24) is 20.0 Å². The van der Waals surface area contributed by atoms with Crippen LogP contribution in [0.15, 0.2) is 213 Å². The van der Waals surface area contributed by atoms with Gasteiger partial charge in [-0.1, -0.05) is 115 Å². The molecule has 13 rings (SSSR count). The largest absolute Gasteiger partial charge is 0.438 e. The third-order valence-corrected chi connectivity index (χ3v) is 19.7. The summed E-state index contributed by atoms with van der Waals surface area (Å²) < 4.78 is 146. The number of epoxide rings is 1. The molecule has 105 heavy (non-hydrogen) atoms. The van der Waals surface area contributed by atoms with E-state index in [1.54, 1.807) is 113 Å². The average molecular weight is 1450 g/mol. The molecule has 9 aromatic rings. The summed E-state index contributed by atoms with van der Waals surface area (Å²) in [6, 6.07) is 48.7. The molecule has 4 saturated heterocycles. The Morgan fingerprint density at radius 1 is 0.467 bits per heavy atom. The van der Waals surface area contributed by atoms with Gasteiger partial charge in [0, 0.05) is 99.6 Å². The van der Waals surface area contributed by atoms with Gasteiger partial charge in [-0.15, -0.1) is 6.58 Å². The van der Waals surface area contributed by atoms with Crippen molar-refractivity contribution in [2.75, 3.05) is 46.9 Å². The van der Waals surface area contributed by atoms with Gasteiger partial charge in [0.15, 0.2) is 0 Å². The number of cyclic esters (lactones) is 3. The van der Waals surface area contributed by atoms with Crippen LogP contribution in [0.2, 0.25) is 0 Å². The summed E-state index contributed by atoms with van der Waals surface area (Å²) in [5.41, 5.74) is 9.08. The quantitative estimate of drug-likeness (QED) is 0.0290. The summed E-state index contributed by atoms with van der Waals surface area (Å²) in [6.45, 7) is 11.7. The van der Waals surface area contributed by atoms with Gasteiger partial charge in [-0.25, -0.2) is 53.9 Å². The van der Waals surface area contributed by atoms with E-state index in [0.29, 0.717) is 98.3 Å². The number of ether oxygens (including phenoxy) is 4. The lowest BCUT2D eigenvalue weighted by atomic mass is 9.83. The Balaban J connectivity index is 0.000000167. The first-order valence-electron chi connectivity index (χ1n) is 34.5. The standard InChI is InChI=1S/C28H29F3N2O3.C27H24F3NO3.C27H24F3NO2.CH5N/c1-18(19-3-5-20(6-4-19)25-12-11-23(30)15-26(25)31)33-14-13-28(36-27(33)35,16-24(34)17-32-2)21-7-9-22(29)10-8-21;1-17(18-2-4-19(5-3-18)24-11-10-22(29)14-25(24)30)31-13-12-27(34-26(31)32,15-23-16-33-23)20-6-8-21(28)9-7-20;1-3-14-27(21-8-10-22(28)11-9-21)15-16-31(26(32)33-27)18(2)19-4-6-20(7-5-19)24-13-12-23(29)17-25(24)30;1-2/h3-12,15,18,24,32,34H,13-14,16-17H2,1-2H3;2-11,14,17,23H,12-13,15-16H2,1H3;3-13,17-18H,1,14-16H2,2H3;2H2,1H3/t18-,24?,28-;17-,23?,27-;18-,27+;/m000./s1. The third kappa shape index (κ3) is 18.3. The van der Waals surface area contributed by atoms with Gasteiger partial charge in [0.05, 0.1) is 36.9 Å². The number of rotatable bonds is 20. The molecule has 9 aromatic carbocycles. The predicted molar refractivity (Wildman–Crippen MR) is 382 cm³/mol. The van der Waals surface area contributed by atoms with E-state index in [-0.39, 0.29) is 47.8 Å². The maximum absolute atomic E-state index is 14.2. The molecule has 0 aliphatic carbocycles. The number of likely N-dealkylation sites (N-methyl/N-ethyl adjacent to an activating group) is 1. The van der Waals surface area contributed by atoms with Gasteiger partial charge in [0.2, 0.25) is 0 Å². The molecular weight excluding hydrogens is 1370 g/mol. The minimum atomic E-state index is -1.08. The fourth-order valence-electron chi connectivity index (χ4n) is 13.7. The van der Waals surface area contributed by atoms with Crippen LogP contribution in [0.25, 0.3) is 33.4 Å². The molecule has 4 aliphatic heterocycles. The lowest BCUT2D eigenvalue weighted by molar-refractivity contribution is -0.0833. The zero-order valence-corrected chi connectivity index (χ0v) is 58.6. The highest BCUT2D eigenvalue weighted by molar-refractivity contribution is 5.73. The van der Waals surface area contributed by atoms with Crippen molar-refractivity contribution in [1.29, 1.82) is 0 Å². The van der Waals surface area contributed by atoms with E-state index in [1.807, 2.05) is 45.0 Å². The van der Waals surface area contributed by atoms with Crippen molar-refractivity contribution in [3.63, 3.8) is 0 Å². The van der Waals surface area contributed by atoms with E-state index in [0.717, 1.165) is 46.0 Å². The van der Waals surface area contributed by atoms with E-state index in [1.165, 1.54) is 79.8 Å². The number of nitrogens with zero attached hydrogens (tertiary/aromatic N) is 3. The van der Waals surface area contributed by atoms with Crippen molar-refractivity contribution in [3.05, 3.63) is 299 Å². The average Bonchev–Trinajstić information content (AvgIpc) is 1.59. The Labute approximate surface area is 604 Å². The fraction of sp³-hybridized carbons (Fsp3) is 0.289.